The molecule has 0 bridgehead atoms. The van der Waals surface area contributed by atoms with Gasteiger partial charge >= 0.3 is 0 Å². The standard InChI is InChI=1S/C21H21ClN2O3/c1-13-11-14(7-8-17(13)22)19(25)23-18-6-4-5-16-15(18)9-10-24(20(16)26)12-21(2,3)27/h4-11,27H,12H2,1-3H3,(H,23,25). The molecule has 27 heavy (non-hydrogen) atoms. The van der Waals surface area contributed by atoms with Gasteiger partial charge in [-0.25, -0.2) is 0 Å². The van der Waals surface area contributed by atoms with Crippen molar-refractivity contribution in [2.24, 2.45) is 0 Å². The number of halogens is 1. The lowest BCUT2D eigenvalue weighted by Gasteiger charge is -2.19. The number of anilines is 1. The highest BCUT2D eigenvalue weighted by molar-refractivity contribution is 6.31. The number of aliphatic hydroxyl groups is 1. The van der Waals surface area contributed by atoms with E-state index in [-0.39, 0.29) is 18.0 Å². The largest absolute Gasteiger partial charge is 0.389 e. The Morgan fingerprint density at radius 1 is 1.19 bits per heavy atom. The molecule has 0 aliphatic rings. The van der Waals surface area contributed by atoms with E-state index in [1.807, 2.05) is 6.92 Å². The topological polar surface area (TPSA) is 71.3 Å². The molecular weight excluding hydrogens is 364 g/mol. The molecule has 1 aromatic heterocycles. The lowest BCUT2D eigenvalue weighted by molar-refractivity contribution is 0.0606. The summed E-state index contributed by atoms with van der Waals surface area (Å²) in [5.41, 5.74) is 0.641. The van der Waals surface area contributed by atoms with Crippen LogP contribution >= 0.6 is 11.6 Å². The monoisotopic (exact) mass is 384 g/mol. The minimum atomic E-state index is -1.00. The smallest absolute Gasteiger partial charge is 0.258 e. The number of benzene rings is 2. The Morgan fingerprint density at radius 2 is 1.93 bits per heavy atom. The van der Waals surface area contributed by atoms with Gasteiger partial charge in [0.15, 0.2) is 0 Å². The molecule has 0 spiro atoms. The van der Waals surface area contributed by atoms with Crippen molar-refractivity contribution in [2.75, 3.05) is 5.32 Å². The summed E-state index contributed by atoms with van der Waals surface area (Å²) in [6.45, 7) is 5.31. The summed E-state index contributed by atoms with van der Waals surface area (Å²) >= 11 is 6.02. The van der Waals surface area contributed by atoms with E-state index in [1.165, 1.54) is 4.57 Å². The second-order valence-electron chi connectivity index (χ2n) is 7.25. The Kier molecular flexibility index (Phi) is 5.09. The minimum absolute atomic E-state index is 0.183. The van der Waals surface area contributed by atoms with Crippen molar-refractivity contribution in [1.82, 2.24) is 4.57 Å². The molecule has 0 fully saturated rings. The first-order chi connectivity index (χ1) is 12.7. The van der Waals surface area contributed by atoms with Gasteiger partial charge < -0.3 is 15.0 Å². The van der Waals surface area contributed by atoms with Crippen LogP contribution in [0.25, 0.3) is 10.8 Å². The normalized spacial score (nSPS) is 11.6. The SMILES string of the molecule is Cc1cc(C(=O)Nc2cccc3c(=O)n(CC(C)(C)O)ccc23)ccc1Cl. The number of rotatable bonds is 4. The van der Waals surface area contributed by atoms with Gasteiger partial charge in [-0.1, -0.05) is 17.7 Å². The lowest BCUT2D eigenvalue weighted by atomic mass is 10.1. The number of pyridine rings is 1. The predicted molar refractivity (Wildman–Crippen MR) is 109 cm³/mol. The Labute approximate surface area is 162 Å². The van der Waals surface area contributed by atoms with Crippen molar-refractivity contribution in [3.8, 4) is 0 Å². The number of carbonyl (C=O) groups excluding carboxylic acids is 1. The van der Waals surface area contributed by atoms with Crippen LogP contribution < -0.4 is 10.9 Å². The third-order valence-corrected chi connectivity index (χ3v) is 4.67. The van der Waals surface area contributed by atoms with Crippen molar-refractivity contribution in [1.29, 1.82) is 0 Å². The number of fused-ring (bicyclic) bond motifs is 1. The molecule has 140 valence electrons. The lowest BCUT2D eigenvalue weighted by Crippen LogP contribution is -2.32. The van der Waals surface area contributed by atoms with E-state index >= 15 is 0 Å². The number of aromatic nitrogens is 1. The van der Waals surface area contributed by atoms with Gasteiger partial charge in [-0.2, -0.15) is 0 Å². The maximum absolute atomic E-state index is 12.7. The molecule has 2 N–H and O–H groups in total. The van der Waals surface area contributed by atoms with Crippen molar-refractivity contribution < 1.29 is 9.90 Å². The number of hydrogen-bond donors (Lipinski definition) is 2. The second kappa shape index (κ2) is 7.18. The van der Waals surface area contributed by atoms with E-state index in [4.69, 9.17) is 11.6 Å². The first-order valence-corrected chi connectivity index (χ1v) is 8.95. The van der Waals surface area contributed by atoms with Gasteiger partial charge in [-0.3, -0.25) is 9.59 Å². The van der Waals surface area contributed by atoms with E-state index in [0.29, 0.717) is 27.0 Å². The quantitative estimate of drug-likeness (QED) is 0.714. The van der Waals surface area contributed by atoms with Crippen LogP contribution in [0.15, 0.2) is 53.5 Å². The summed E-state index contributed by atoms with van der Waals surface area (Å²) < 4.78 is 1.47. The van der Waals surface area contributed by atoms with Crippen LogP contribution in [-0.4, -0.2) is 21.2 Å². The Balaban J connectivity index is 1.98. The molecule has 0 saturated heterocycles. The molecule has 0 radical (unpaired) electrons. The van der Waals surface area contributed by atoms with E-state index < -0.39 is 5.60 Å². The fourth-order valence-electron chi connectivity index (χ4n) is 2.95. The average molecular weight is 385 g/mol. The van der Waals surface area contributed by atoms with Gasteiger partial charge in [0.25, 0.3) is 11.5 Å². The third kappa shape index (κ3) is 4.21. The number of hydrogen-bond acceptors (Lipinski definition) is 3. The van der Waals surface area contributed by atoms with Gasteiger partial charge in [0.1, 0.15) is 0 Å². The van der Waals surface area contributed by atoms with E-state index in [9.17, 15) is 14.7 Å². The van der Waals surface area contributed by atoms with Crippen LogP contribution in [0.1, 0.15) is 29.8 Å². The number of nitrogens with zero attached hydrogens (tertiary/aromatic N) is 1. The van der Waals surface area contributed by atoms with Crippen LogP contribution in [0.5, 0.6) is 0 Å². The molecule has 0 atom stereocenters. The van der Waals surface area contributed by atoms with Crippen LogP contribution in [0, 0.1) is 6.92 Å². The maximum atomic E-state index is 12.7. The van der Waals surface area contributed by atoms with Crippen molar-refractivity contribution >= 4 is 34.0 Å². The first-order valence-electron chi connectivity index (χ1n) is 8.58. The molecule has 1 heterocycles. The number of carbonyl (C=O) groups is 1. The second-order valence-corrected chi connectivity index (χ2v) is 7.65. The number of amides is 1. The van der Waals surface area contributed by atoms with E-state index in [1.54, 1.807) is 62.5 Å². The first kappa shape index (κ1) is 19.1. The molecule has 1 amide bonds. The summed E-state index contributed by atoms with van der Waals surface area (Å²) in [4.78, 5) is 25.3. The summed E-state index contributed by atoms with van der Waals surface area (Å²) in [5, 5.41) is 14.6. The van der Waals surface area contributed by atoms with Gasteiger partial charge in [0.05, 0.1) is 12.1 Å². The van der Waals surface area contributed by atoms with Gasteiger partial charge in [0, 0.05) is 33.2 Å². The average Bonchev–Trinajstić information content (AvgIpc) is 2.59. The Morgan fingerprint density at radius 3 is 2.59 bits per heavy atom. The summed E-state index contributed by atoms with van der Waals surface area (Å²) in [6.07, 6.45) is 1.63. The predicted octanol–water partition coefficient (Wildman–Crippen LogP) is 3.99. The molecule has 3 rings (SSSR count). The van der Waals surface area contributed by atoms with Gasteiger partial charge in [-0.05, 0) is 62.7 Å². The summed E-state index contributed by atoms with van der Waals surface area (Å²) in [5.74, 6) is -0.275. The highest BCUT2D eigenvalue weighted by Gasteiger charge is 2.16. The molecule has 3 aromatic rings. The molecule has 0 unspecified atom stereocenters. The number of nitrogens with one attached hydrogen (secondary N) is 1. The van der Waals surface area contributed by atoms with Crippen LogP contribution in [0.3, 0.4) is 0 Å². The van der Waals surface area contributed by atoms with Crippen LogP contribution in [-0.2, 0) is 6.54 Å². The zero-order chi connectivity index (χ0) is 19.8. The van der Waals surface area contributed by atoms with Crippen molar-refractivity contribution in [2.45, 2.75) is 32.9 Å². The highest BCUT2D eigenvalue weighted by Crippen LogP contribution is 2.23. The molecule has 5 nitrogen and oxygen atoms in total. The van der Waals surface area contributed by atoms with Crippen molar-refractivity contribution in [3.63, 3.8) is 0 Å². The van der Waals surface area contributed by atoms with Crippen molar-refractivity contribution in [3.05, 3.63) is 75.2 Å². The van der Waals surface area contributed by atoms with Gasteiger partial charge in [0.2, 0.25) is 0 Å². The maximum Gasteiger partial charge on any atom is 0.258 e. The fourth-order valence-corrected chi connectivity index (χ4v) is 3.07. The molecule has 0 aliphatic heterocycles. The summed E-state index contributed by atoms with van der Waals surface area (Å²) in [7, 11) is 0. The highest BCUT2D eigenvalue weighted by atomic mass is 35.5. The van der Waals surface area contributed by atoms with Crippen LogP contribution in [0.2, 0.25) is 5.02 Å². The van der Waals surface area contributed by atoms with E-state index in [0.717, 1.165) is 5.56 Å². The molecule has 2 aromatic carbocycles. The zero-order valence-electron chi connectivity index (χ0n) is 15.4. The Hall–Kier alpha value is -2.63. The van der Waals surface area contributed by atoms with E-state index in [2.05, 4.69) is 5.32 Å². The molecule has 0 saturated carbocycles. The molecular formula is C21H21ClN2O3. The summed E-state index contributed by atoms with van der Waals surface area (Å²) in [6, 6.07) is 12.0. The minimum Gasteiger partial charge on any atom is -0.389 e. The van der Waals surface area contributed by atoms with Gasteiger partial charge in [-0.15, -0.1) is 0 Å². The number of aryl methyl sites for hydroxylation is 1. The Bertz CT molecular complexity index is 1080. The zero-order valence-corrected chi connectivity index (χ0v) is 16.2. The third-order valence-electron chi connectivity index (χ3n) is 4.24. The molecule has 0 aliphatic carbocycles. The fraction of sp³-hybridized carbons (Fsp3) is 0.238. The van der Waals surface area contributed by atoms with Crippen LogP contribution in [0.4, 0.5) is 5.69 Å². The molecule has 6 heteroatoms.